The lowest BCUT2D eigenvalue weighted by atomic mass is 10.0. The van der Waals surface area contributed by atoms with Crippen molar-refractivity contribution in [1.82, 2.24) is 4.90 Å². The number of nitrogens with zero attached hydrogens (tertiary/aromatic N) is 1. The van der Waals surface area contributed by atoms with E-state index in [0.717, 1.165) is 6.42 Å². The van der Waals surface area contributed by atoms with Crippen LogP contribution in [0.3, 0.4) is 0 Å². The van der Waals surface area contributed by atoms with Crippen molar-refractivity contribution in [3.63, 3.8) is 0 Å². The molecule has 2 aliphatic rings. The van der Waals surface area contributed by atoms with Crippen LogP contribution in [0.5, 0.6) is 0 Å². The molecule has 0 aromatic carbocycles. The molecule has 6 nitrogen and oxygen atoms in total. The van der Waals surface area contributed by atoms with Crippen molar-refractivity contribution in [3.8, 4) is 0 Å². The fraction of sp³-hybridized carbons (Fsp3) is 0.818. The van der Waals surface area contributed by atoms with E-state index in [0.29, 0.717) is 19.8 Å². The minimum atomic E-state index is -0.944. The molecule has 0 saturated carbocycles. The molecule has 0 spiro atoms. The van der Waals surface area contributed by atoms with E-state index in [9.17, 15) is 9.59 Å². The van der Waals surface area contributed by atoms with Crippen molar-refractivity contribution < 1.29 is 24.2 Å². The number of carbonyl (C=O) groups excluding carboxylic acids is 1. The molecule has 2 heterocycles. The van der Waals surface area contributed by atoms with Gasteiger partial charge in [0.1, 0.15) is 6.04 Å². The number of amides is 1. The molecule has 2 rings (SSSR count). The Bertz CT molecular complexity index is 313. The lowest BCUT2D eigenvalue weighted by molar-refractivity contribution is -0.164. The molecule has 2 fully saturated rings. The van der Waals surface area contributed by atoms with E-state index >= 15 is 0 Å². The van der Waals surface area contributed by atoms with Gasteiger partial charge in [0.15, 0.2) is 6.10 Å². The van der Waals surface area contributed by atoms with Crippen molar-refractivity contribution in [3.05, 3.63) is 0 Å². The predicted molar refractivity (Wildman–Crippen MR) is 57.5 cm³/mol. The van der Waals surface area contributed by atoms with Gasteiger partial charge in [-0.05, 0) is 12.3 Å². The molecule has 96 valence electrons. The molecule has 0 aromatic rings. The summed E-state index contributed by atoms with van der Waals surface area (Å²) in [6.45, 7) is 3.43. The highest BCUT2D eigenvalue weighted by Crippen LogP contribution is 2.25. The van der Waals surface area contributed by atoms with Gasteiger partial charge in [-0.2, -0.15) is 0 Å². The molecule has 0 radical (unpaired) electrons. The Hall–Kier alpha value is -1.14. The summed E-state index contributed by atoms with van der Waals surface area (Å²) < 4.78 is 10.5. The van der Waals surface area contributed by atoms with Crippen LogP contribution in [0.1, 0.15) is 13.3 Å². The minimum absolute atomic E-state index is 0.0130. The Morgan fingerprint density at radius 2 is 2.12 bits per heavy atom. The monoisotopic (exact) mass is 243 g/mol. The molecule has 1 amide bonds. The minimum Gasteiger partial charge on any atom is -0.480 e. The van der Waals surface area contributed by atoms with Crippen LogP contribution in [0.4, 0.5) is 0 Å². The second-order valence-electron chi connectivity index (χ2n) is 4.52. The van der Waals surface area contributed by atoms with Crippen molar-refractivity contribution in [1.29, 1.82) is 0 Å². The Kier molecular flexibility index (Phi) is 3.63. The summed E-state index contributed by atoms with van der Waals surface area (Å²) >= 11 is 0. The van der Waals surface area contributed by atoms with Gasteiger partial charge in [0, 0.05) is 6.54 Å². The quantitative estimate of drug-likeness (QED) is 0.722. The van der Waals surface area contributed by atoms with Gasteiger partial charge < -0.3 is 19.5 Å². The predicted octanol–water partition coefficient (Wildman–Crippen LogP) is -0.277. The van der Waals surface area contributed by atoms with Gasteiger partial charge in [0.05, 0.1) is 19.8 Å². The van der Waals surface area contributed by atoms with Gasteiger partial charge in [0.25, 0.3) is 5.91 Å². The van der Waals surface area contributed by atoms with Gasteiger partial charge in [-0.3, -0.25) is 4.79 Å². The first-order chi connectivity index (χ1) is 8.11. The number of hydrogen-bond donors (Lipinski definition) is 1. The fourth-order valence-electron chi connectivity index (χ4n) is 2.39. The Morgan fingerprint density at radius 3 is 2.71 bits per heavy atom. The number of carbonyl (C=O) groups is 2. The van der Waals surface area contributed by atoms with E-state index in [4.69, 9.17) is 14.6 Å². The van der Waals surface area contributed by atoms with Crippen molar-refractivity contribution in [2.45, 2.75) is 25.5 Å². The zero-order valence-electron chi connectivity index (χ0n) is 9.80. The molecule has 17 heavy (non-hydrogen) atoms. The van der Waals surface area contributed by atoms with Gasteiger partial charge in [0.2, 0.25) is 0 Å². The van der Waals surface area contributed by atoms with Crippen LogP contribution >= 0.6 is 0 Å². The molecule has 2 aliphatic heterocycles. The molecule has 1 N–H and O–H groups in total. The van der Waals surface area contributed by atoms with E-state index in [1.807, 2.05) is 6.92 Å². The Morgan fingerprint density at radius 1 is 1.35 bits per heavy atom. The smallest absolute Gasteiger partial charge is 0.326 e. The average Bonchev–Trinajstić information content (AvgIpc) is 2.71. The first kappa shape index (κ1) is 12.3. The highest BCUT2D eigenvalue weighted by molar-refractivity contribution is 5.87. The van der Waals surface area contributed by atoms with Crippen molar-refractivity contribution >= 4 is 11.9 Å². The third kappa shape index (κ3) is 2.42. The average molecular weight is 243 g/mol. The molecule has 2 saturated heterocycles. The first-order valence-corrected chi connectivity index (χ1v) is 5.84. The van der Waals surface area contributed by atoms with E-state index in [1.165, 1.54) is 4.90 Å². The summed E-state index contributed by atoms with van der Waals surface area (Å²) in [6, 6.07) is -0.729. The topological polar surface area (TPSA) is 76.1 Å². The van der Waals surface area contributed by atoms with E-state index < -0.39 is 18.1 Å². The van der Waals surface area contributed by atoms with Gasteiger partial charge >= 0.3 is 5.97 Å². The molecule has 0 aromatic heterocycles. The van der Waals surface area contributed by atoms with Crippen LogP contribution in [0.15, 0.2) is 0 Å². The SMILES string of the molecule is CC1CCN(C(=O)C2COCCO2)C1C(=O)O. The zero-order chi connectivity index (χ0) is 12.4. The normalized spacial score (nSPS) is 33.7. The zero-order valence-corrected chi connectivity index (χ0v) is 9.80. The third-order valence-electron chi connectivity index (χ3n) is 3.33. The highest BCUT2D eigenvalue weighted by atomic mass is 16.6. The van der Waals surface area contributed by atoms with E-state index in [2.05, 4.69) is 0 Å². The van der Waals surface area contributed by atoms with Gasteiger partial charge in [-0.25, -0.2) is 4.79 Å². The molecule has 0 bridgehead atoms. The maximum Gasteiger partial charge on any atom is 0.326 e. The second-order valence-corrected chi connectivity index (χ2v) is 4.52. The highest BCUT2D eigenvalue weighted by Gasteiger charge is 2.42. The number of aliphatic carboxylic acids is 1. The second kappa shape index (κ2) is 5.01. The lowest BCUT2D eigenvalue weighted by Crippen LogP contribution is -2.50. The largest absolute Gasteiger partial charge is 0.480 e. The van der Waals surface area contributed by atoms with Crippen LogP contribution in [-0.2, 0) is 19.1 Å². The summed E-state index contributed by atoms with van der Waals surface area (Å²) in [7, 11) is 0. The molecule has 6 heteroatoms. The van der Waals surface area contributed by atoms with Crippen LogP contribution in [0.2, 0.25) is 0 Å². The summed E-state index contributed by atoms with van der Waals surface area (Å²) in [5.41, 5.74) is 0. The molecule has 3 atom stereocenters. The molecular formula is C11H17NO5. The summed E-state index contributed by atoms with van der Waals surface area (Å²) in [5, 5.41) is 9.14. The number of carboxylic acids is 1. The Balaban J connectivity index is 2.05. The van der Waals surface area contributed by atoms with Crippen LogP contribution in [0, 0.1) is 5.92 Å². The molecule has 0 aliphatic carbocycles. The van der Waals surface area contributed by atoms with E-state index in [1.54, 1.807) is 0 Å². The van der Waals surface area contributed by atoms with Crippen LogP contribution < -0.4 is 0 Å². The van der Waals surface area contributed by atoms with Crippen molar-refractivity contribution in [2.24, 2.45) is 5.92 Å². The third-order valence-corrected chi connectivity index (χ3v) is 3.33. The van der Waals surface area contributed by atoms with Gasteiger partial charge in [-0.1, -0.05) is 6.92 Å². The number of hydrogen-bond acceptors (Lipinski definition) is 4. The summed E-state index contributed by atoms with van der Waals surface area (Å²) in [5.74, 6) is -1.22. The van der Waals surface area contributed by atoms with Gasteiger partial charge in [-0.15, -0.1) is 0 Å². The van der Waals surface area contributed by atoms with Crippen LogP contribution in [-0.4, -0.2) is 60.4 Å². The van der Waals surface area contributed by atoms with Crippen LogP contribution in [0.25, 0.3) is 0 Å². The number of rotatable bonds is 2. The number of carboxylic acid groups (broad SMARTS) is 1. The summed E-state index contributed by atoms with van der Waals surface area (Å²) in [6.07, 6.45) is 0.0759. The number of likely N-dealkylation sites (tertiary alicyclic amines) is 1. The lowest BCUT2D eigenvalue weighted by Gasteiger charge is -2.29. The fourth-order valence-corrected chi connectivity index (χ4v) is 2.39. The molecular weight excluding hydrogens is 226 g/mol. The van der Waals surface area contributed by atoms with E-state index in [-0.39, 0.29) is 18.4 Å². The number of ether oxygens (including phenoxy) is 2. The molecule has 3 unspecified atom stereocenters. The Labute approximate surface area is 99.5 Å². The summed E-state index contributed by atoms with van der Waals surface area (Å²) in [4.78, 5) is 24.7. The maximum absolute atomic E-state index is 12.1. The maximum atomic E-state index is 12.1. The standard InChI is InChI=1S/C11H17NO5/c1-7-2-3-12(9(7)11(14)15)10(13)8-6-16-4-5-17-8/h7-9H,2-6H2,1H3,(H,14,15). The van der Waals surface area contributed by atoms with Crippen molar-refractivity contribution in [2.75, 3.05) is 26.4 Å². The first-order valence-electron chi connectivity index (χ1n) is 5.84.